The lowest BCUT2D eigenvalue weighted by atomic mass is 10.1. The fraction of sp³-hybridized carbons (Fsp3) is 0.302. The van der Waals surface area contributed by atoms with Crippen molar-refractivity contribution in [1.82, 2.24) is 14.7 Å². The maximum atomic E-state index is 13.1. The van der Waals surface area contributed by atoms with Crippen molar-refractivity contribution < 1.29 is 89.3 Å². The van der Waals surface area contributed by atoms with Gasteiger partial charge in [0.25, 0.3) is 30.4 Å². The van der Waals surface area contributed by atoms with E-state index < -0.39 is 69.1 Å². The van der Waals surface area contributed by atoms with Crippen LogP contribution in [-0.2, 0) is 30.4 Å². The van der Waals surface area contributed by atoms with E-state index in [1.54, 1.807) is 18.2 Å². The maximum Gasteiger partial charge on any atom is 0.323 e. The molecule has 0 radical (unpaired) electrons. The largest absolute Gasteiger partial charge is 0.505 e. The normalized spacial score (nSPS) is 11.9. The Bertz CT molecular complexity index is 3710. The van der Waals surface area contributed by atoms with E-state index in [9.17, 15) is 53.9 Å². The number of anilines is 2. The average molecular weight is 1230 g/mol. The highest BCUT2D eigenvalue weighted by atomic mass is 32.2. The Kier molecular flexibility index (Phi) is 26.8. The number of para-hydroxylation sites is 1. The van der Waals surface area contributed by atoms with E-state index in [-0.39, 0.29) is 88.8 Å². The zero-order valence-corrected chi connectivity index (χ0v) is 48.4. The van der Waals surface area contributed by atoms with Gasteiger partial charge in [0, 0.05) is 61.4 Å². The number of carbonyl (C=O) groups is 1. The average Bonchev–Trinajstić information content (AvgIpc) is 1.98. The van der Waals surface area contributed by atoms with Crippen LogP contribution in [0.4, 0.5) is 38.9 Å². The molecule has 0 saturated carbocycles. The molecule has 0 spiro atoms. The van der Waals surface area contributed by atoms with Crippen LogP contribution in [0.25, 0.3) is 32.3 Å². The highest BCUT2D eigenvalue weighted by Crippen LogP contribution is 2.44. The molecule has 0 bridgehead atoms. The number of nitrogens with one attached hydrogen (secondary N) is 2. The van der Waals surface area contributed by atoms with E-state index in [1.807, 2.05) is 35.8 Å². The highest BCUT2D eigenvalue weighted by Gasteiger charge is 2.24. The molecule has 0 aliphatic heterocycles. The molecule has 0 fully saturated rings. The minimum atomic E-state index is -5.02. The van der Waals surface area contributed by atoms with Gasteiger partial charge in [0.05, 0.1) is 57.3 Å². The molecule has 84 heavy (non-hydrogen) atoms. The van der Waals surface area contributed by atoms with E-state index in [0.29, 0.717) is 55.8 Å². The molecule has 0 unspecified atom stereocenters. The van der Waals surface area contributed by atoms with Crippen molar-refractivity contribution in [2.24, 2.45) is 20.5 Å². The zero-order chi connectivity index (χ0) is 62.4. The zero-order valence-electron chi connectivity index (χ0n) is 45.9. The lowest BCUT2D eigenvalue weighted by Crippen LogP contribution is -2.25. The number of rotatable bonds is 22. The van der Waals surface area contributed by atoms with Crippen molar-refractivity contribution in [3.8, 4) is 17.2 Å². The van der Waals surface area contributed by atoms with Crippen LogP contribution in [0.2, 0.25) is 0 Å². The van der Waals surface area contributed by atoms with E-state index in [1.165, 1.54) is 86.0 Å². The van der Waals surface area contributed by atoms with Crippen LogP contribution in [0.1, 0.15) is 0 Å². The Morgan fingerprint density at radius 3 is 1.29 bits per heavy atom. The van der Waals surface area contributed by atoms with Crippen LogP contribution >= 0.6 is 0 Å². The molecule has 0 aliphatic rings. The third kappa shape index (κ3) is 20.7. The molecule has 0 aromatic heterocycles. The molecule has 0 atom stereocenters. The van der Waals surface area contributed by atoms with Crippen molar-refractivity contribution in [1.29, 1.82) is 0 Å². The number of methoxy groups -OCH3 is 1. The molecular weight excluding hydrogens is 1160 g/mol. The number of fused-ring (bicyclic) bond motifs is 3. The van der Waals surface area contributed by atoms with Crippen molar-refractivity contribution in [2.45, 2.75) is 14.7 Å². The second-order valence-electron chi connectivity index (χ2n) is 18.0. The Morgan fingerprint density at radius 2 is 0.881 bits per heavy atom. The van der Waals surface area contributed by atoms with Gasteiger partial charge in [-0.15, -0.1) is 15.3 Å². The van der Waals surface area contributed by atoms with Gasteiger partial charge in [0.2, 0.25) is 0 Å². The summed E-state index contributed by atoms with van der Waals surface area (Å²) >= 11 is 0. The Morgan fingerprint density at radius 1 is 0.476 bits per heavy atom. The minimum absolute atomic E-state index is 0.0507. The van der Waals surface area contributed by atoms with E-state index in [2.05, 4.69) is 31.1 Å². The summed E-state index contributed by atoms with van der Waals surface area (Å²) in [5, 5.41) is 94.2. The van der Waals surface area contributed by atoms with Crippen LogP contribution in [-0.4, -0.2) is 208 Å². The molecule has 0 heterocycles. The second-order valence-corrected chi connectivity index (χ2v) is 22.2. The van der Waals surface area contributed by atoms with Crippen molar-refractivity contribution in [3.05, 3.63) is 109 Å². The molecule has 13 N–H and O–H groups in total. The minimum Gasteiger partial charge on any atom is -0.505 e. The molecule has 0 aliphatic carbocycles. The fourth-order valence-corrected chi connectivity index (χ4v) is 9.29. The SMILES string of the molecule is CN(CCO)CCO.CN(CCO)CCO.CN(CCO)CCO.COc1ccccc1N=Nc1c(S(=O)(=O)O)cc2cc(NC(=O)Nc3ccc4c(O)c(N=Nc5ccc6cc(S(=O)(=O)O)ccc6c5)c(S(=O)(=O)O)cc4c3)ccc2c1O. The number of phenolic OH excluding ortho intramolecular Hbond substituents is 2. The van der Waals surface area contributed by atoms with Crippen LogP contribution in [0, 0.1) is 0 Å². The van der Waals surface area contributed by atoms with Crippen LogP contribution in [0.15, 0.2) is 144 Å². The number of amides is 2. The lowest BCUT2D eigenvalue weighted by molar-refractivity contribution is 0.184. The van der Waals surface area contributed by atoms with Gasteiger partial charge >= 0.3 is 6.03 Å². The molecular formula is C53H67N9O19S3. The number of aliphatic hydroxyl groups is 6. The van der Waals surface area contributed by atoms with E-state index in [4.69, 9.17) is 35.4 Å². The molecule has 31 heteroatoms. The Balaban J connectivity index is 0.000000527. The Labute approximate surface area is 484 Å². The number of ether oxygens (including phenoxy) is 1. The molecule has 7 aromatic rings. The number of hydrogen-bond acceptors (Lipinski definition) is 23. The predicted octanol–water partition coefficient (Wildman–Crippen LogP) is 5.49. The van der Waals surface area contributed by atoms with Crippen LogP contribution in [0.3, 0.4) is 0 Å². The number of azo groups is 2. The summed E-state index contributed by atoms with van der Waals surface area (Å²) in [6, 6.07) is 23.9. The number of aromatic hydroxyl groups is 2. The molecule has 0 saturated heterocycles. The highest BCUT2D eigenvalue weighted by molar-refractivity contribution is 7.86. The van der Waals surface area contributed by atoms with Gasteiger partial charge in [0.1, 0.15) is 32.6 Å². The Hall–Kier alpha value is -7.44. The van der Waals surface area contributed by atoms with Crippen molar-refractivity contribution in [3.63, 3.8) is 0 Å². The monoisotopic (exact) mass is 1230 g/mol. The topological polar surface area (TPSA) is 434 Å². The fourth-order valence-electron chi connectivity index (χ4n) is 7.46. The number of benzene rings is 7. The predicted molar refractivity (Wildman–Crippen MR) is 314 cm³/mol. The van der Waals surface area contributed by atoms with Crippen LogP contribution < -0.4 is 15.4 Å². The third-order valence-electron chi connectivity index (χ3n) is 11.8. The van der Waals surface area contributed by atoms with Crippen LogP contribution in [0.5, 0.6) is 17.2 Å². The van der Waals surface area contributed by atoms with Gasteiger partial charge in [-0.3, -0.25) is 13.7 Å². The first-order valence-electron chi connectivity index (χ1n) is 25.0. The summed E-state index contributed by atoms with van der Waals surface area (Å²) in [7, 11) is -7.47. The first-order chi connectivity index (χ1) is 39.7. The van der Waals surface area contributed by atoms with E-state index in [0.717, 1.165) is 12.1 Å². The first kappa shape index (κ1) is 69.1. The van der Waals surface area contributed by atoms with Gasteiger partial charge < -0.3 is 70.9 Å². The second kappa shape index (κ2) is 32.6. The van der Waals surface area contributed by atoms with Gasteiger partial charge in [-0.25, -0.2) is 4.79 Å². The maximum absolute atomic E-state index is 13.1. The third-order valence-corrected chi connectivity index (χ3v) is 14.3. The standard InChI is InChI=1S/C38H28N6O13S3.3C5H13NO2/c1-57-31-5-3-2-4-30(31)42-44-35-33(60(54,55)56)19-23-16-25(10-13-29(23)37(35)46)40-38(47)39-24-9-12-28-22(15-24)18-32(59(51,52)53)34(36(28)45)43-41-26-8-6-21-17-27(58(48,49)50)11-7-20(21)14-26;3*1-6(2-4-7)3-5-8/h2-19,45-46H,1H3,(H2,39,40,47)(H,48,49,50)(H,51,52,53)(H,54,55,56);3*7-8H,2-5H2,1H3. The number of likely N-dealkylation sites (N-methyl/N-ethyl adjacent to an activating group) is 3. The van der Waals surface area contributed by atoms with Gasteiger partial charge in [0.15, 0.2) is 11.5 Å². The number of urea groups is 1. The summed E-state index contributed by atoms with van der Waals surface area (Å²) in [5.41, 5.74) is -0.567. The quantitative estimate of drug-likeness (QED) is 0.0295. The number of nitrogens with zero attached hydrogens (tertiary/aromatic N) is 7. The molecule has 456 valence electrons. The summed E-state index contributed by atoms with van der Waals surface area (Å²) in [5.74, 6) is -0.992. The summed E-state index contributed by atoms with van der Waals surface area (Å²) in [6.45, 7) is 4.82. The number of phenols is 2. The lowest BCUT2D eigenvalue weighted by Gasteiger charge is -2.13. The number of carbonyl (C=O) groups excluding carboxylic acids is 1. The number of hydrogen-bond donors (Lipinski definition) is 13. The van der Waals surface area contributed by atoms with E-state index >= 15 is 0 Å². The summed E-state index contributed by atoms with van der Waals surface area (Å²) < 4.78 is 107. The number of aliphatic hydroxyl groups excluding tert-OH is 6. The van der Waals surface area contributed by atoms with Gasteiger partial charge in [-0.05, 0) is 128 Å². The molecule has 28 nitrogen and oxygen atoms in total. The summed E-state index contributed by atoms with van der Waals surface area (Å²) in [6.07, 6.45) is 0. The van der Waals surface area contributed by atoms with Crippen molar-refractivity contribution >= 4 is 103 Å². The molecule has 2 amide bonds. The first-order valence-corrected chi connectivity index (χ1v) is 29.4. The smallest absolute Gasteiger partial charge is 0.323 e. The molecule has 7 aromatic carbocycles. The van der Waals surface area contributed by atoms with Gasteiger partial charge in [-0.2, -0.15) is 30.4 Å². The molecule has 7 rings (SSSR count). The van der Waals surface area contributed by atoms with Gasteiger partial charge in [-0.1, -0.05) is 24.3 Å². The summed E-state index contributed by atoms with van der Waals surface area (Å²) in [4.78, 5) is 16.8. The van der Waals surface area contributed by atoms with Crippen molar-refractivity contribution in [2.75, 3.05) is 118 Å².